The third-order valence-electron chi connectivity index (χ3n) is 3.24. The standard InChI is InChI=1S/C17H20NO/c1-17(2,18)16(13-7-5-4-6-8-13)14-9-11-15(19-3)12-10-14/h4-12,16H,1,18H2,2-3H3. The first-order valence-electron chi connectivity index (χ1n) is 6.35. The van der Waals surface area contributed by atoms with E-state index in [9.17, 15) is 0 Å². The molecule has 2 N–H and O–H groups in total. The van der Waals surface area contributed by atoms with Crippen LogP contribution in [0.1, 0.15) is 24.0 Å². The van der Waals surface area contributed by atoms with Gasteiger partial charge in [0.05, 0.1) is 7.11 Å². The van der Waals surface area contributed by atoms with Crippen LogP contribution in [-0.4, -0.2) is 12.6 Å². The van der Waals surface area contributed by atoms with Crippen molar-refractivity contribution in [1.82, 2.24) is 0 Å². The lowest BCUT2D eigenvalue weighted by atomic mass is 9.78. The van der Waals surface area contributed by atoms with Crippen molar-refractivity contribution in [2.45, 2.75) is 18.4 Å². The first-order valence-corrected chi connectivity index (χ1v) is 6.35. The summed E-state index contributed by atoms with van der Waals surface area (Å²) in [6.45, 7) is 6.07. The fourth-order valence-electron chi connectivity index (χ4n) is 2.40. The van der Waals surface area contributed by atoms with E-state index in [-0.39, 0.29) is 5.92 Å². The summed E-state index contributed by atoms with van der Waals surface area (Å²) in [6.07, 6.45) is 0. The van der Waals surface area contributed by atoms with Gasteiger partial charge in [-0.1, -0.05) is 42.5 Å². The third kappa shape index (κ3) is 3.15. The van der Waals surface area contributed by atoms with Gasteiger partial charge in [0.1, 0.15) is 5.75 Å². The van der Waals surface area contributed by atoms with Crippen LogP contribution < -0.4 is 10.5 Å². The average molecular weight is 254 g/mol. The maximum Gasteiger partial charge on any atom is 0.118 e. The fraction of sp³-hybridized carbons (Fsp3) is 0.235. The molecule has 2 unspecified atom stereocenters. The summed E-state index contributed by atoms with van der Waals surface area (Å²) in [6, 6.07) is 18.2. The predicted molar refractivity (Wildman–Crippen MR) is 79.2 cm³/mol. The second-order valence-corrected chi connectivity index (χ2v) is 5.12. The molecule has 0 aliphatic heterocycles. The van der Waals surface area contributed by atoms with Gasteiger partial charge < -0.3 is 10.5 Å². The van der Waals surface area contributed by atoms with Gasteiger partial charge in [-0.15, -0.1) is 0 Å². The number of hydrogen-bond donors (Lipinski definition) is 1. The minimum Gasteiger partial charge on any atom is -0.497 e. The Kier molecular flexibility index (Phi) is 3.91. The Morgan fingerprint density at radius 2 is 1.53 bits per heavy atom. The van der Waals surface area contributed by atoms with E-state index in [1.165, 1.54) is 5.56 Å². The average Bonchev–Trinajstić information content (AvgIpc) is 2.39. The maximum absolute atomic E-state index is 6.27. The maximum atomic E-state index is 6.27. The van der Waals surface area contributed by atoms with Gasteiger partial charge in [-0.3, -0.25) is 0 Å². The van der Waals surface area contributed by atoms with Gasteiger partial charge in [0, 0.05) is 11.5 Å². The van der Waals surface area contributed by atoms with Crippen LogP contribution in [0.4, 0.5) is 0 Å². The minimum absolute atomic E-state index is 0.0552. The Bertz CT molecular complexity index is 511. The van der Waals surface area contributed by atoms with Crippen LogP contribution in [0.25, 0.3) is 0 Å². The van der Waals surface area contributed by atoms with Crippen LogP contribution >= 0.6 is 0 Å². The van der Waals surface area contributed by atoms with E-state index in [0.717, 1.165) is 11.3 Å². The first kappa shape index (κ1) is 13.6. The highest BCUT2D eigenvalue weighted by Gasteiger charge is 2.28. The molecule has 2 aromatic carbocycles. The van der Waals surface area contributed by atoms with Crippen molar-refractivity contribution in [2.75, 3.05) is 7.11 Å². The van der Waals surface area contributed by atoms with Crippen molar-refractivity contribution >= 4 is 0 Å². The lowest BCUT2D eigenvalue weighted by Crippen LogP contribution is -2.40. The summed E-state index contributed by atoms with van der Waals surface area (Å²) in [5.74, 6) is 0.901. The number of ether oxygens (including phenoxy) is 1. The van der Waals surface area contributed by atoms with Gasteiger partial charge in [-0.2, -0.15) is 0 Å². The largest absolute Gasteiger partial charge is 0.497 e. The van der Waals surface area contributed by atoms with E-state index >= 15 is 0 Å². The van der Waals surface area contributed by atoms with E-state index < -0.39 is 5.54 Å². The van der Waals surface area contributed by atoms with Gasteiger partial charge in [0.25, 0.3) is 0 Å². The molecule has 0 heterocycles. The molecule has 0 spiro atoms. The number of benzene rings is 2. The molecular weight excluding hydrogens is 234 g/mol. The topological polar surface area (TPSA) is 35.2 Å². The third-order valence-corrected chi connectivity index (χ3v) is 3.24. The zero-order valence-corrected chi connectivity index (χ0v) is 11.5. The molecule has 0 bridgehead atoms. The van der Waals surface area contributed by atoms with Gasteiger partial charge in [0.15, 0.2) is 0 Å². The highest BCUT2D eigenvalue weighted by Crippen LogP contribution is 2.33. The molecule has 0 saturated carbocycles. The Hall–Kier alpha value is -1.80. The number of methoxy groups -OCH3 is 1. The quantitative estimate of drug-likeness (QED) is 0.907. The molecule has 0 aliphatic rings. The van der Waals surface area contributed by atoms with Crippen LogP contribution in [0.2, 0.25) is 0 Å². The highest BCUT2D eigenvalue weighted by molar-refractivity contribution is 5.39. The molecule has 2 aromatic rings. The molecule has 0 saturated heterocycles. The second kappa shape index (κ2) is 5.45. The molecule has 0 amide bonds. The normalized spacial score (nSPS) is 13.1. The highest BCUT2D eigenvalue weighted by atomic mass is 16.5. The molecule has 0 aromatic heterocycles. The van der Waals surface area contributed by atoms with Crippen LogP contribution in [0.3, 0.4) is 0 Å². The lowest BCUT2D eigenvalue weighted by molar-refractivity contribution is 0.414. The molecule has 2 rings (SSSR count). The first-order chi connectivity index (χ1) is 9.02. The van der Waals surface area contributed by atoms with Gasteiger partial charge in [0.2, 0.25) is 0 Å². The Balaban J connectivity index is 2.43. The molecule has 99 valence electrons. The molecular formula is C17H20NO. The Morgan fingerprint density at radius 1 is 1.00 bits per heavy atom. The SMILES string of the molecule is [CH2]C(C)(N)C(c1ccccc1)c1ccc(OC)cc1. The Morgan fingerprint density at radius 3 is 2.00 bits per heavy atom. The van der Waals surface area contributed by atoms with Crippen LogP contribution in [0, 0.1) is 6.92 Å². The van der Waals surface area contributed by atoms with E-state index in [2.05, 4.69) is 19.1 Å². The summed E-state index contributed by atoms with van der Waals surface area (Å²) >= 11 is 0. The van der Waals surface area contributed by atoms with Crippen LogP contribution in [-0.2, 0) is 0 Å². The number of hydrogen-bond acceptors (Lipinski definition) is 2. The molecule has 2 nitrogen and oxygen atoms in total. The van der Waals surface area contributed by atoms with Crippen molar-refractivity contribution in [1.29, 1.82) is 0 Å². The second-order valence-electron chi connectivity index (χ2n) is 5.12. The van der Waals surface area contributed by atoms with Gasteiger partial charge in [-0.05, 0) is 37.1 Å². The van der Waals surface area contributed by atoms with E-state index in [4.69, 9.17) is 10.5 Å². The molecule has 0 fully saturated rings. The zero-order valence-electron chi connectivity index (χ0n) is 11.5. The minimum atomic E-state index is -0.573. The lowest BCUT2D eigenvalue weighted by Gasteiger charge is -2.31. The molecule has 0 aliphatic carbocycles. The smallest absolute Gasteiger partial charge is 0.118 e. The van der Waals surface area contributed by atoms with Crippen LogP contribution in [0.15, 0.2) is 54.6 Å². The number of nitrogens with two attached hydrogens (primary N) is 1. The van der Waals surface area contributed by atoms with Crippen molar-refractivity contribution in [2.24, 2.45) is 5.73 Å². The summed E-state index contributed by atoms with van der Waals surface area (Å²) < 4.78 is 5.19. The van der Waals surface area contributed by atoms with E-state index in [0.29, 0.717) is 0 Å². The van der Waals surface area contributed by atoms with Gasteiger partial charge in [-0.25, -0.2) is 0 Å². The van der Waals surface area contributed by atoms with E-state index in [1.54, 1.807) is 7.11 Å². The zero-order chi connectivity index (χ0) is 13.9. The van der Waals surface area contributed by atoms with E-state index in [1.807, 2.05) is 49.4 Å². The molecule has 2 atom stereocenters. The number of rotatable bonds is 4. The van der Waals surface area contributed by atoms with Gasteiger partial charge >= 0.3 is 0 Å². The fourth-order valence-corrected chi connectivity index (χ4v) is 2.40. The Labute approximate surface area is 115 Å². The molecule has 2 heteroatoms. The van der Waals surface area contributed by atoms with Crippen molar-refractivity contribution in [3.05, 3.63) is 72.6 Å². The summed E-state index contributed by atoms with van der Waals surface area (Å²) in [5.41, 5.74) is 8.02. The molecule has 19 heavy (non-hydrogen) atoms. The molecule has 1 radical (unpaired) electrons. The summed E-state index contributed by atoms with van der Waals surface area (Å²) in [7, 11) is 1.66. The summed E-state index contributed by atoms with van der Waals surface area (Å²) in [4.78, 5) is 0. The van der Waals surface area contributed by atoms with Crippen molar-refractivity contribution in [3.8, 4) is 5.75 Å². The van der Waals surface area contributed by atoms with Crippen LogP contribution in [0.5, 0.6) is 5.75 Å². The monoisotopic (exact) mass is 254 g/mol. The predicted octanol–water partition coefficient (Wildman–Crippen LogP) is 3.38. The summed E-state index contributed by atoms with van der Waals surface area (Å²) in [5, 5.41) is 0. The van der Waals surface area contributed by atoms with Crippen molar-refractivity contribution in [3.63, 3.8) is 0 Å². The van der Waals surface area contributed by atoms with Crippen molar-refractivity contribution < 1.29 is 4.74 Å².